The molecule has 1 unspecified atom stereocenters. The average Bonchev–Trinajstić information content (AvgIpc) is 3.39. The van der Waals surface area contributed by atoms with Gasteiger partial charge >= 0.3 is 12.3 Å². The fourth-order valence-corrected chi connectivity index (χ4v) is 5.45. The minimum Gasteiger partial charge on any atom is -0.432 e. The number of anilines is 2. The molecule has 1 saturated heterocycles. The maximum atomic E-state index is 14.3. The van der Waals surface area contributed by atoms with Crippen molar-refractivity contribution in [1.29, 1.82) is 0 Å². The summed E-state index contributed by atoms with van der Waals surface area (Å²) in [6, 6.07) is 4.96. The van der Waals surface area contributed by atoms with Crippen LogP contribution in [0, 0.1) is 0 Å². The Hall–Kier alpha value is -4.53. The third kappa shape index (κ3) is 6.77. The molecule has 16 heteroatoms. The Morgan fingerprint density at radius 1 is 1.16 bits per heavy atom. The van der Waals surface area contributed by atoms with Gasteiger partial charge in [0.25, 0.3) is 5.91 Å². The number of carbonyl (C=O) groups excluding carboxylic acids is 2. The molecule has 2 amide bonds. The summed E-state index contributed by atoms with van der Waals surface area (Å²) in [5, 5.41) is 2.38. The lowest BCUT2D eigenvalue weighted by molar-refractivity contribution is -0.158. The molecule has 0 spiro atoms. The van der Waals surface area contributed by atoms with Crippen LogP contribution in [0.5, 0.6) is 5.75 Å². The van der Waals surface area contributed by atoms with E-state index in [4.69, 9.17) is 27.1 Å². The predicted octanol–water partition coefficient (Wildman–Crippen LogP) is 6.41. The van der Waals surface area contributed by atoms with E-state index < -0.39 is 35.3 Å². The second kappa shape index (κ2) is 12.1. The molecule has 4 heterocycles. The van der Waals surface area contributed by atoms with Crippen LogP contribution < -0.4 is 15.8 Å². The van der Waals surface area contributed by atoms with E-state index in [1.807, 2.05) is 0 Å². The molecule has 0 radical (unpaired) electrons. The number of hydrogen-bond acceptors (Lipinski definition) is 7. The predicted molar refractivity (Wildman–Crippen MR) is 155 cm³/mol. The normalized spacial score (nSPS) is 15.7. The number of alkyl halides is 5. The van der Waals surface area contributed by atoms with Gasteiger partial charge < -0.3 is 20.7 Å². The molecule has 1 atom stereocenters. The van der Waals surface area contributed by atoms with Crippen molar-refractivity contribution in [2.75, 3.05) is 24.1 Å². The number of nitrogens with zero attached hydrogens (tertiary/aromatic N) is 5. The molecule has 0 aliphatic carbocycles. The first-order valence-corrected chi connectivity index (χ1v) is 14.2. The second-order valence-electron chi connectivity index (χ2n) is 10.5. The van der Waals surface area contributed by atoms with Crippen LogP contribution in [0.25, 0.3) is 16.8 Å². The molecule has 238 valence electrons. The van der Waals surface area contributed by atoms with E-state index in [1.165, 1.54) is 18.3 Å². The van der Waals surface area contributed by atoms with Crippen molar-refractivity contribution in [3.63, 3.8) is 0 Å². The summed E-state index contributed by atoms with van der Waals surface area (Å²) in [6.07, 6.45) is -4.51. The van der Waals surface area contributed by atoms with Crippen molar-refractivity contribution in [3.05, 3.63) is 64.8 Å². The van der Waals surface area contributed by atoms with E-state index >= 15 is 0 Å². The first-order chi connectivity index (χ1) is 21.2. The van der Waals surface area contributed by atoms with Crippen LogP contribution in [0.2, 0.25) is 5.15 Å². The van der Waals surface area contributed by atoms with E-state index in [1.54, 1.807) is 16.2 Å². The molecule has 3 N–H and O–H groups in total. The first-order valence-electron chi connectivity index (χ1n) is 13.8. The number of benzene rings is 1. The molecule has 10 nitrogen and oxygen atoms in total. The monoisotopic (exact) mass is 651 g/mol. The third-order valence-corrected chi connectivity index (χ3v) is 7.50. The summed E-state index contributed by atoms with van der Waals surface area (Å²) in [4.78, 5) is 39.8. The zero-order valence-corrected chi connectivity index (χ0v) is 24.7. The minimum absolute atomic E-state index is 0.0158. The van der Waals surface area contributed by atoms with Gasteiger partial charge in [-0.2, -0.15) is 22.0 Å². The zero-order chi connectivity index (χ0) is 32.7. The van der Waals surface area contributed by atoms with Gasteiger partial charge in [-0.15, -0.1) is 0 Å². The summed E-state index contributed by atoms with van der Waals surface area (Å²) in [7, 11) is 0. The number of halogens is 6. The number of nitrogens with two attached hydrogens (primary N) is 1. The van der Waals surface area contributed by atoms with Crippen LogP contribution in [-0.2, 0) is 11.0 Å². The molecule has 5 rings (SSSR count). The number of piperidine rings is 1. The Labute approximate surface area is 258 Å². The maximum Gasteiger partial charge on any atom is 0.416 e. The molecule has 4 aromatic rings. The Balaban J connectivity index is 1.59. The molecular weight excluding hydrogens is 625 g/mol. The van der Waals surface area contributed by atoms with Crippen molar-refractivity contribution in [2.24, 2.45) is 0 Å². The fraction of sp³-hybridized carbons (Fsp3) is 0.345. The van der Waals surface area contributed by atoms with E-state index in [9.17, 15) is 31.5 Å². The molecule has 1 fully saturated rings. The molecular formula is C29H27ClF5N7O3. The Bertz CT molecular complexity index is 1770. The van der Waals surface area contributed by atoms with Gasteiger partial charge in [-0.1, -0.05) is 18.5 Å². The second-order valence-corrected chi connectivity index (χ2v) is 10.9. The number of ether oxygens (including phenoxy) is 1. The van der Waals surface area contributed by atoms with Crippen molar-refractivity contribution in [1.82, 2.24) is 24.3 Å². The van der Waals surface area contributed by atoms with Gasteiger partial charge in [0.1, 0.15) is 39.6 Å². The number of likely N-dealkylation sites (tertiary alicyclic amines) is 1. The first kappa shape index (κ1) is 31.9. The van der Waals surface area contributed by atoms with Crippen LogP contribution in [0.15, 0.2) is 42.7 Å². The minimum atomic E-state index is -4.68. The highest BCUT2D eigenvalue weighted by Crippen LogP contribution is 2.41. The van der Waals surface area contributed by atoms with E-state index in [-0.39, 0.29) is 45.1 Å². The van der Waals surface area contributed by atoms with Gasteiger partial charge in [0.2, 0.25) is 5.91 Å². The largest absolute Gasteiger partial charge is 0.432 e. The Morgan fingerprint density at radius 2 is 1.91 bits per heavy atom. The zero-order valence-electron chi connectivity index (χ0n) is 24.0. The van der Waals surface area contributed by atoms with Crippen molar-refractivity contribution < 1.29 is 36.3 Å². The number of aromatic nitrogens is 4. The van der Waals surface area contributed by atoms with Gasteiger partial charge in [0, 0.05) is 49.7 Å². The van der Waals surface area contributed by atoms with E-state index in [0.29, 0.717) is 51.2 Å². The SMILES string of the molecule is CCC(=O)N1CCCC(c2nc(-c3ccc(C(=O)Nc4cc(C(F)(F)F)ccn4)cc3OC(C)(F)F)c3c(N)ncc(Cl)n23)C1. The maximum absolute atomic E-state index is 14.3. The fourth-order valence-electron chi connectivity index (χ4n) is 5.23. The van der Waals surface area contributed by atoms with Gasteiger partial charge in [0.05, 0.1) is 11.8 Å². The van der Waals surface area contributed by atoms with Gasteiger partial charge in [-0.05, 0) is 43.2 Å². The van der Waals surface area contributed by atoms with Crippen LogP contribution in [0.1, 0.15) is 60.8 Å². The molecule has 1 aromatic carbocycles. The third-order valence-electron chi connectivity index (χ3n) is 7.23. The standard InChI is InChI=1S/C29H27ClF5N7O3/c1-3-22(43)41-10-4-5-16(14-41)26-40-23(24-25(36)38-13-20(30)42(24)26)18-7-6-15(11-19(18)45-28(2,31)32)27(44)39-21-12-17(8-9-37-21)29(33,34)35/h6-9,11-13,16H,3-5,10,14H2,1-2H3,(H2,36,38)(H,37,39,44). The average molecular weight is 652 g/mol. The van der Waals surface area contributed by atoms with Crippen LogP contribution in [-0.4, -0.2) is 55.3 Å². The molecule has 3 aromatic heterocycles. The number of carbonyl (C=O) groups is 2. The highest BCUT2D eigenvalue weighted by molar-refractivity contribution is 6.30. The van der Waals surface area contributed by atoms with Crippen molar-refractivity contribution in [3.8, 4) is 17.0 Å². The number of pyridine rings is 1. The van der Waals surface area contributed by atoms with Gasteiger partial charge in [-0.25, -0.2) is 15.0 Å². The highest BCUT2D eigenvalue weighted by atomic mass is 35.5. The summed E-state index contributed by atoms with van der Waals surface area (Å²) < 4.78 is 74.5. The highest BCUT2D eigenvalue weighted by Gasteiger charge is 2.33. The molecule has 1 aliphatic rings. The summed E-state index contributed by atoms with van der Waals surface area (Å²) in [5.41, 5.74) is 5.30. The smallest absolute Gasteiger partial charge is 0.416 e. The Morgan fingerprint density at radius 3 is 2.60 bits per heavy atom. The van der Waals surface area contributed by atoms with Crippen LogP contribution in [0.4, 0.5) is 33.6 Å². The Kier molecular flexibility index (Phi) is 8.58. The number of fused-ring (bicyclic) bond motifs is 1. The summed E-state index contributed by atoms with van der Waals surface area (Å²) >= 11 is 6.55. The van der Waals surface area contributed by atoms with E-state index in [0.717, 1.165) is 18.3 Å². The van der Waals surface area contributed by atoms with Crippen molar-refractivity contribution >= 4 is 40.6 Å². The summed E-state index contributed by atoms with van der Waals surface area (Å²) in [6.45, 7) is 3.20. The summed E-state index contributed by atoms with van der Waals surface area (Å²) in [5.74, 6) is -1.69. The van der Waals surface area contributed by atoms with Crippen LogP contribution >= 0.6 is 11.6 Å². The number of imidazole rings is 1. The topological polar surface area (TPSA) is 128 Å². The number of hydrogen-bond donors (Lipinski definition) is 2. The lowest BCUT2D eigenvalue weighted by Crippen LogP contribution is -2.39. The molecule has 0 saturated carbocycles. The molecule has 0 bridgehead atoms. The molecule has 1 aliphatic heterocycles. The van der Waals surface area contributed by atoms with Gasteiger partial charge in [0.15, 0.2) is 0 Å². The van der Waals surface area contributed by atoms with E-state index in [2.05, 4.69) is 15.3 Å². The molecule has 45 heavy (non-hydrogen) atoms. The number of nitrogen functional groups attached to an aromatic ring is 1. The quantitative estimate of drug-likeness (QED) is 0.221. The lowest BCUT2D eigenvalue weighted by atomic mass is 9.97. The number of amides is 2. The lowest BCUT2D eigenvalue weighted by Gasteiger charge is -2.32. The number of nitrogens with one attached hydrogen (secondary N) is 1. The van der Waals surface area contributed by atoms with Crippen LogP contribution in [0.3, 0.4) is 0 Å². The van der Waals surface area contributed by atoms with Crippen molar-refractivity contribution in [2.45, 2.75) is 51.3 Å². The van der Waals surface area contributed by atoms with Gasteiger partial charge in [-0.3, -0.25) is 14.0 Å². The number of rotatable bonds is 7.